The van der Waals surface area contributed by atoms with Crippen LogP contribution in [0, 0.1) is 6.07 Å². The van der Waals surface area contributed by atoms with Gasteiger partial charge in [-0.2, -0.15) is 5.10 Å². The summed E-state index contributed by atoms with van der Waals surface area (Å²) in [6.07, 6.45) is 5.08. The van der Waals surface area contributed by atoms with Crippen LogP contribution in [0.1, 0.15) is 5.56 Å². The summed E-state index contributed by atoms with van der Waals surface area (Å²) in [6, 6.07) is 9.37. The van der Waals surface area contributed by atoms with Crippen molar-refractivity contribution < 1.29 is 0 Å². The standard InChI is InChI=1S/C11H9N4/c1-2-11-10(3-4-13-11)5-9(1)6-15-8-12-7-14-15/h1-2,4-5,7-8,13H,6H2. The second-order valence-corrected chi connectivity index (χ2v) is 3.41. The number of H-pyrrole nitrogens is 1. The molecule has 0 atom stereocenters. The van der Waals surface area contributed by atoms with Crippen molar-refractivity contribution in [2.75, 3.05) is 0 Å². The normalized spacial score (nSPS) is 10.9. The maximum absolute atomic E-state index is 4.07. The molecule has 3 rings (SSSR count). The first kappa shape index (κ1) is 8.23. The molecule has 4 nitrogen and oxygen atoms in total. The summed E-state index contributed by atoms with van der Waals surface area (Å²) in [4.78, 5) is 7.02. The second kappa shape index (κ2) is 3.24. The van der Waals surface area contributed by atoms with E-state index in [-0.39, 0.29) is 0 Å². The summed E-state index contributed by atoms with van der Waals surface area (Å²) < 4.78 is 1.80. The van der Waals surface area contributed by atoms with Crippen LogP contribution in [-0.2, 0) is 6.54 Å². The predicted octanol–water partition coefficient (Wildman–Crippen LogP) is 1.61. The van der Waals surface area contributed by atoms with E-state index in [0.717, 1.165) is 17.4 Å². The van der Waals surface area contributed by atoms with Gasteiger partial charge in [0.15, 0.2) is 0 Å². The van der Waals surface area contributed by atoms with Gasteiger partial charge in [0.05, 0.1) is 6.54 Å². The summed E-state index contributed by atoms with van der Waals surface area (Å²) in [6.45, 7) is 0.745. The Bertz CT molecular complexity index is 565. The van der Waals surface area contributed by atoms with E-state index < -0.39 is 0 Å². The first-order chi connectivity index (χ1) is 7.42. The van der Waals surface area contributed by atoms with Crippen molar-refractivity contribution in [3.63, 3.8) is 0 Å². The Morgan fingerprint density at radius 3 is 3.27 bits per heavy atom. The van der Waals surface area contributed by atoms with Crippen molar-refractivity contribution >= 4 is 10.9 Å². The highest BCUT2D eigenvalue weighted by molar-refractivity contribution is 5.79. The third kappa shape index (κ3) is 1.50. The largest absolute Gasteiger partial charge is 0.361 e. The molecule has 0 aliphatic carbocycles. The van der Waals surface area contributed by atoms with Gasteiger partial charge in [0, 0.05) is 23.2 Å². The number of aromatic amines is 1. The first-order valence-electron chi connectivity index (χ1n) is 4.72. The van der Waals surface area contributed by atoms with Gasteiger partial charge >= 0.3 is 0 Å². The average Bonchev–Trinajstić information content (AvgIpc) is 2.87. The van der Waals surface area contributed by atoms with Crippen molar-refractivity contribution in [1.29, 1.82) is 0 Å². The van der Waals surface area contributed by atoms with Gasteiger partial charge in [-0.15, -0.1) is 0 Å². The molecule has 0 unspecified atom stereocenters. The Kier molecular flexibility index (Phi) is 1.78. The highest BCUT2D eigenvalue weighted by Crippen LogP contribution is 2.14. The maximum atomic E-state index is 4.07. The molecule has 73 valence electrons. The highest BCUT2D eigenvalue weighted by Gasteiger charge is 1.98. The lowest BCUT2D eigenvalue weighted by atomic mass is 10.1. The van der Waals surface area contributed by atoms with E-state index in [1.807, 2.05) is 6.20 Å². The van der Waals surface area contributed by atoms with Crippen LogP contribution in [-0.4, -0.2) is 19.7 Å². The lowest BCUT2D eigenvalue weighted by Gasteiger charge is -2.00. The van der Waals surface area contributed by atoms with E-state index in [4.69, 9.17) is 0 Å². The summed E-state index contributed by atoms with van der Waals surface area (Å²) in [5.41, 5.74) is 2.31. The molecule has 15 heavy (non-hydrogen) atoms. The summed E-state index contributed by atoms with van der Waals surface area (Å²) in [5.74, 6) is 0. The molecule has 2 heterocycles. The highest BCUT2D eigenvalue weighted by atomic mass is 15.3. The monoisotopic (exact) mass is 197 g/mol. The Labute approximate surface area is 86.6 Å². The Morgan fingerprint density at radius 2 is 2.40 bits per heavy atom. The zero-order valence-corrected chi connectivity index (χ0v) is 8.01. The van der Waals surface area contributed by atoms with Gasteiger partial charge in [-0.1, -0.05) is 6.07 Å². The number of hydrogen-bond donors (Lipinski definition) is 1. The molecule has 0 spiro atoms. The van der Waals surface area contributed by atoms with Crippen LogP contribution in [0.2, 0.25) is 0 Å². The first-order valence-corrected chi connectivity index (χ1v) is 4.72. The minimum absolute atomic E-state index is 0.745. The van der Waals surface area contributed by atoms with Gasteiger partial charge in [0.2, 0.25) is 0 Å². The van der Waals surface area contributed by atoms with Crippen LogP contribution in [0.3, 0.4) is 0 Å². The number of nitrogens with one attached hydrogen (secondary N) is 1. The summed E-state index contributed by atoms with van der Waals surface area (Å²) in [7, 11) is 0. The van der Waals surface area contributed by atoms with E-state index >= 15 is 0 Å². The van der Waals surface area contributed by atoms with Crippen LogP contribution in [0.4, 0.5) is 0 Å². The number of nitrogens with zero attached hydrogens (tertiary/aromatic N) is 3. The summed E-state index contributed by atoms with van der Waals surface area (Å²) >= 11 is 0. The quantitative estimate of drug-likeness (QED) is 0.678. The molecule has 0 fully saturated rings. The van der Waals surface area contributed by atoms with Crippen molar-refractivity contribution in [1.82, 2.24) is 19.7 Å². The van der Waals surface area contributed by atoms with Crippen molar-refractivity contribution in [3.8, 4) is 0 Å². The smallest absolute Gasteiger partial charge is 0.137 e. The third-order valence-electron chi connectivity index (χ3n) is 2.35. The molecule has 0 aliphatic rings. The van der Waals surface area contributed by atoms with E-state index in [0.29, 0.717) is 0 Å². The predicted molar refractivity (Wildman–Crippen MR) is 56.3 cm³/mol. The van der Waals surface area contributed by atoms with E-state index in [9.17, 15) is 0 Å². The molecule has 0 bridgehead atoms. The number of benzene rings is 1. The molecule has 1 N–H and O–H groups in total. The molecule has 2 aromatic heterocycles. The summed E-state index contributed by atoms with van der Waals surface area (Å²) in [5, 5.41) is 5.17. The Balaban J connectivity index is 1.97. The zero-order valence-electron chi connectivity index (χ0n) is 8.01. The van der Waals surface area contributed by atoms with Crippen molar-refractivity contribution in [2.45, 2.75) is 6.54 Å². The van der Waals surface area contributed by atoms with Crippen LogP contribution in [0.15, 0.2) is 37.1 Å². The zero-order chi connectivity index (χ0) is 10.1. The van der Waals surface area contributed by atoms with Crippen LogP contribution >= 0.6 is 0 Å². The molecule has 0 saturated carbocycles. The van der Waals surface area contributed by atoms with Gasteiger partial charge in [-0.05, 0) is 17.7 Å². The molecular weight excluding hydrogens is 188 g/mol. The van der Waals surface area contributed by atoms with Gasteiger partial charge in [-0.3, -0.25) is 0 Å². The van der Waals surface area contributed by atoms with E-state index in [1.165, 1.54) is 5.56 Å². The van der Waals surface area contributed by atoms with Gasteiger partial charge in [0.25, 0.3) is 0 Å². The van der Waals surface area contributed by atoms with Gasteiger partial charge < -0.3 is 4.98 Å². The maximum Gasteiger partial charge on any atom is 0.137 e. The molecule has 0 saturated heterocycles. The molecule has 0 amide bonds. The van der Waals surface area contributed by atoms with Crippen molar-refractivity contribution in [3.05, 3.63) is 48.7 Å². The molecule has 1 aromatic carbocycles. The molecular formula is C11H9N4. The van der Waals surface area contributed by atoms with Crippen molar-refractivity contribution in [2.24, 2.45) is 0 Å². The average molecular weight is 197 g/mol. The lowest BCUT2D eigenvalue weighted by molar-refractivity contribution is 0.685. The molecule has 1 radical (unpaired) electrons. The topological polar surface area (TPSA) is 46.5 Å². The number of aromatic nitrogens is 4. The lowest BCUT2D eigenvalue weighted by Crippen LogP contribution is -1.99. The third-order valence-corrected chi connectivity index (χ3v) is 2.35. The Morgan fingerprint density at radius 1 is 1.40 bits per heavy atom. The number of fused-ring (bicyclic) bond motifs is 1. The fourth-order valence-corrected chi connectivity index (χ4v) is 1.63. The fraction of sp³-hybridized carbons (Fsp3) is 0.0909. The SMILES string of the molecule is [c]1c[nH]c2ccc(Cn3cncn3)cc12. The Hall–Kier alpha value is -2.10. The van der Waals surface area contributed by atoms with E-state index in [2.05, 4.69) is 39.3 Å². The molecule has 0 aliphatic heterocycles. The number of hydrogen-bond acceptors (Lipinski definition) is 2. The second-order valence-electron chi connectivity index (χ2n) is 3.41. The van der Waals surface area contributed by atoms with Gasteiger partial charge in [0.1, 0.15) is 12.7 Å². The minimum atomic E-state index is 0.745. The fourth-order valence-electron chi connectivity index (χ4n) is 1.63. The molecule has 3 aromatic rings. The minimum Gasteiger partial charge on any atom is -0.361 e. The van der Waals surface area contributed by atoms with E-state index in [1.54, 1.807) is 17.3 Å². The van der Waals surface area contributed by atoms with Crippen LogP contribution in [0.25, 0.3) is 10.9 Å². The van der Waals surface area contributed by atoms with Crippen LogP contribution in [0.5, 0.6) is 0 Å². The molecule has 4 heteroatoms. The van der Waals surface area contributed by atoms with Gasteiger partial charge in [-0.25, -0.2) is 9.67 Å². The van der Waals surface area contributed by atoms with Crippen LogP contribution < -0.4 is 0 Å². The number of rotatable bonds is 2.